The lowest BCUT2D eigenvalue weighted by atomic mass is 10.1. The highest BCUT2D eigenvalue weighted by Gasteiger charge is 2.28. The van der Waals surface area contributed by atoms with E-state index in [4.69, 9.17) is 11.6 Å². The standard InChI is InChI=1S/C13H18ClF2NOSi/c1-5-17-13(18)10-9(19(2,3)4)7-6-8(11(10)14)12(15)16/h6-7,12H,5H2,1-4H3,(H,17,18). The van der Waals surface area contributed by atoms with Crippen molar-refractivity contribution >= 4 is 30.8 Å². The molecule has 1 N–H and O–H groups in total. The van der Waals surface area contributed by atoms with E-state index in [0.29, 0.717) is 6.54 Å². The molecule has 0 spiro atoms. The number of nitrogens with one attached hydrogen (secondary N) is 1. The van der Waals surface area contributed by atoms with Crippen LogP contribution in [0.2, 0.25) is 24.7 Å². The van der Waals surface area contributed by atoms with Gasteiger partial charge in [-0.25, -0.2) is 8.78 Å². The van der Waals surface area contributed by atoms with E-state index in [1.54, 1.807) is 13.0 Å². The molecule has 0 saturated heterocycles. The van der Waals surface area contributed by atoms with Gasteiger partial charge in [0.25, 0.3) is 12.3 Å². The van der Waals surface area contributed by atoms with Gasteiger partial charge in [0.1, 0.15) is 0 Å². The summed E-state index contributed by atoms with van der Waals surface area (Å²) in [7, 11) is -1.85. The molecule has 0 radical (unpaired) electrons. The Bertz CT molecular complexity index is 486. The minimum absolute atomic E-state index is 0.124. The fraction of sp³-hybridized carbons (Fsp3) is 0.462. The number of carbonyl (C=O) groups excluding carboxylic acids is 1. The van der Waals surface area contributed by atoms with Gasteiger partial charge >= 0.3 is 0 Å². The summed E-state index contributed by atoms with van der Waals surface area (Å²) in [6.07, 6.45) is -2.68. The molecule has 0 aliphatic carbocycles. The molecule has 1 amide bonds. The molecule has 0 aliphatic heterocycles. The molecule has 1 rings (SSSR count). The highest BCUT2D eigenvalue weighted by molar-refractivity contribution is 6.89. The van der Waals surface area contributed by atoms with Crippen molar-refractivity contribution in [2.75, 3.05) is 6.54 Å². The molecule has 19 heavy (non-hydrogen) atoms. The van der Waals surface area contributed by atoms with Crippen LogP contribution < -0.4 is 10.5 Å². The molecule has 6 heteroatoms. The van der Waals surface area contributed by atoms with Gasteiger partial charge in [0, 0.05) is 12.1 Å². The number of amides is 1. The second kappa shape index (κ2) is 6.01. The third-order valence-corrected chi connectivity index (χ3v) is 5.22. The summed E-state index contributed by atoms with van der Waals surface area (Å²) in [5.41, 5.74) is -0.0783. The summed E-state index contributed by atoms with van der Waals surface area (Å²) >= 11 is 6.03. The second-order valence-electron chi connectivity index (χ2n) is 5.30. The highest BCUT2D eigenvalue weighted by atomic mass is 35.5. The molecule has 0 fully saturated rings. The van der Waals surface area contributed by atoms with Crippen molar-refractivity contribution in [1.29, 1.82) is 0 Å². The van der Waals surface area contributed by atoms with Crippen molar-refractivity contribution in [3.63, 3.8) is 0 Å². The Labute approximate surface area is 118 Å². The molecule has 0 aliphatic rings. The number of rotatable bonds is 4. The predicted octanol–water partition coefficient (Wildman–Crippen LogP) is 3.57. The van der Waals surface area contributed by atoms with Crippen LogP contribution in [-0.4, -0.2) is 20.5 Å². The molecular formula is C13H18ClF2NOSi. The topological polar surface area (TPSA) is 29.1 Å². The molecule has 106 valence electrons. The zero-order valence-corrected chi connectivity index (χ0v) is 13.2. The van der Waals surface area contributed by atoms with E-state index < -0.39 is 14.5 Å². The first kappa shape index (κ1) is 16.1. The lowest BCUT2D eigenvalue weighted by Crippen LogP contribution is -2.43. The first-order valence-electron chi connectivity index (χ1n) is 6.09. The van der Waals surface area contributed by atoms with Crippen LogP contribution in [0.4, 0.5) is 8.78 Å². The third-order valence-electron chi connectivity index (χ3n) is 2.78. The quantitative estimate of drug-likeness (QED) is 0.847. The van der Waals surface area contributed by atoms with Gasteiger partial charge in [0.2, 0.25) is 0 Å². The smallest absolute Gasteiger partial charge is 0.265 e. The lowest BCUT2D eigenvalue weighted by molar-refractivity contribution is 0.0956. The Morgan fingerprint density at radius 1 is 1.37 bits per heavy atom. The van der Waals surface area contributed by atoms with Crippen LogP contribution in [0, 0.1) is 0 Å². The normalized spacial score (nSPS) is 11.8. The summed E-state index contributed by atoms with van der Waals surface area (Å²) in [6.45, 7) is 8.34. The summed E-state index contributed by atoms with van der Waals surface area (Å²) in [6, 6.07) is 2.94. The zero-order valence-electron chi connectivity index (χ0n) is 11.5. The SMILES string of the molecule is CCNC(=O)c1c([Si](C)(C)C)ccc(C(F)F)c1Cl. The summed E-state index contributed by atoms with van der Waals surface area (Å²) < 4.78 is 25.8. The Balaban J connectivity index is 3.51. The van der Waals surface area contributed by atoms with Crippen LogP contribution in [0.1, 0.15) is 29.3 Å². The maximum Gasteiger partial charge on any atom is 0.265 e. The van der Waals surface area contributed by atoms with Crippen LogP contribution >= 0.6 is 11.6 Å². The molecule has 0 aromatic heterocycles. The number of hydrogen-bond acceptors (Lipinski definition) is 1. The highest BCUT2D eigenvalue weighted by Crippen LogP contribution is 2.30. The van der Waals surface area contributed by atoms with Crippen LogP contribution in [-0.2, 0) is 0 Å². The van der Waals surface area contributed by atoms with Crippen molar-refractivity contribution in [3.8, 4) is 0 Å². The summed E-state index contributed by atoms with van der Waals surface area (Å²) in [5, 5.41) is 3.31. The fourth-order valence-electron chi connectivity index (χ4n) is 1.86. The first-order chi connectivity index (χ1) is 8.70. The molecule has 0 unspecified atom stereocenters. The number of carbonyl (C=O) groups is 1. The summed E-state index contributed by atoms with van der Waals surface area (Å²) in [5.74, 6) is -0.382. The van der Waals surface area contributed by atoms with Gasteiger partial charge in [-0.3, -0.25) is 4.79 Å². The van der Waals surface area contributed by atoms with E-state index in [9.17, 15) is 13.6 Å². The molecule has 0 bridgehead atoms. The second-order valence-corrected chi connectivity index (χ2v) is 10.7. The van der Waals surface area contributed by atoms with E-state index >= 15 is 0 Å². The van der Waals surface area contributed by atoms with E-state index in [2.05, 4.69) is 5.32 Å². The van der Waals surface area contributed by atoms with Crippen LogP contribution in [0.25, 0.3) is 0 Å². The number of alkyl halides is 2. The number of halogens is 3. The molecule has 0 saturated carbocycles. The predicted molar refractivity (Wildman–Crippen MR) is 77.4 cm³/mol. The molecule has 0 atom stereocenters. The van der Waals surface area contributed by atoms with Crippen molar-refractivity contribution in [1.82, 2.24) is 5.32 Å². The van der Waals surface area contributed by atoms with E-state index in [1.165, 1.54) is 6.07 Å². The van der Waals surface area contributed by atoms with Crippen molar-refractivity contribution in [3.05, 3.63) is 28.3 Å². The fourth-order valence-corrected chi connectivity index (χ4v) is 3.84. The van der Waals surface area contributed by atoms with E-state index in [0.717, 1.165) is 5.19 Å². The van der Waals surface area contributed by atoms with Gasteiger partial charge in [-0.15, -0.1) is 0 Å². The largest absolute Gasteiger partial charge is 0.352 e. The molecule has 0 heterocycles. The Hall–Kier alpha value is -0.943. The Kier molecular flexibility index (Phi) is 5.09. The van der Waals surface area contributed by atoms with Crippen molar-refractivity contribution in [2.24, 2.45) is 0 Å². The molecule has 2 nitrogen and oxygen atoms in total. The van der Waals surface area contributed by atoms with Gasteiger partial charge in [0.05, 0.1) is 18.7 Å². The van der Waals surface area contributed by atoms with Gasteiger partial charge in [-0.1, -0.05) is 43.4 Å². The zero-order chi connectivity index (χ0) is 14.8. The Morgan fingerprint density at radius 2 is 1.95 bits per heavy atom. The van der Waals surface area contributed by atoms with E-state index in [-0.39, 0.29) is 22.1 Å². The van der Waals surface area contributed by atoms with Gasteiger partial charge in [-0.05, 0) is 12.1 Å². The van der Waals surface area contributed by atoms with Gasteiger partial charge in [0.15, 0.2) is 0 Å². The minimum atomic E-state index is -2.68. The molecule has 1 aromatic carbocycles. The van der Waals surface area contributed by atoms with Crippen molar-refractivity contribution < 1.29 is 13.6 Å². The molecular weight excluding hydrogens is 288 g/mol. The van der Waals surface area contributed by atoms with Crippen LogP contribution in [0.5, 0.6) is 0 Å². The average Bonchev–Trinajstić information content (AvgIpc) is 2.26. The van der Waals surface area contributed by atoms with Crippen molar-refractivity contribution in [2.45, 2.75) is 33.0 Å². The summed E-state index contributed by atoms with van der Waals surface area (Å²) in [4.78, 5) is 12.1. The average molecular weight is 306 g/mol. The molecule has 1 aromatic rings. The monoisotopic (exact) mass is 305 g/mol. The number of benzene rings is 1. The van der Waals surface area contributed by atoms with Crippen LogP contribution in [0.3, 0.4) is 0 Å². The lowest BCUT2D eigenvalue weighted by Gasteiger charge is -2.22. The first-order valence-corrected chi connectivity index (χ1v) is 9.97. The maximum absolute atomic E-state index is 12.9. The third kappa shape index (κ3) is 3.54. The van der Waals surface area contributed by atoms with Crippen LogP contribution in [0.15, 0.2) is 12.1 Å². The maximum atomic E-state index is 12.9. The van der Waals surface area contributed by atoms with E-state index in [1.807, 2.05) is 19.6 Å². The van der Waals surface area contributed by atoms with Gasteiger partial charge < -0.3 is 5.32 Å². The number of hydrogen-bond donors (Lipinski definition) is 1. The van der Waals surface area contributed by atoms with Gasteiger partial charge in [-0.2, -0.15) is 0 Å². The Morgan fingerprint density at radius 3 is 2.37 bits per heavy atom. The minimum Gasteiger partial charge on any atom is -0.352 e.